The summed E-state index contributed by atoms with van der Waals surface area (Å²) >= 11 is 0. The largest absolute Gasteiger partial charge is 0.383 e. The summed E-state index contributed by atoms with van der Waals surface area (Å²) in [6, 6.07) is -0.354. The van der Waals surface area contributed by atoms with E-state index in [9.17, 15) is 17.6 Å². The molecule has 0 bridgehead atoms. The molecule has 1 aliphatic rings. The Balaban J connectivity index is 2.12. The van der Waals surface area contributed by atoms with Gasteiger partial charge in [-0.05, 0) is 6.92 Å². The first-order chi connectivity index (χ1) is 8.93. The van der Waals surface area contributed by atoms with E-state index in [0.717, 1.165) is 13.1 Å². The molecular formula is C10H14F4N4O. The third kappa shape index (κ3) is 2.86. The van der Waals surface area contributed by atoms with Gasteiger partial charge in [-0.3, -0.25) is 4.90 Å². The molecule has 2 rings (SSSR count). The first-order valence-electron chi connectivity index (χ1n) is 5.87. The number of halogens is 4. The van der Waals surface area contributed by atoms with Crippen molar-refractivity contribution in [3.63, 3.8) is 0 Å². The van der Waals surface area contributed by atoms with Gasteiger partial charge in [0.2, 0.25) is 0 Å². The Kier molecular flexibility index (Phi) is 4.04. The minimum absolute atomic E-state index is 0.00257. The molecule has 19 heavy (non-hydrogen) atoms. The normalized spacial score (nSPS) is 19.9. The Morgan fingerprint density at radius 2 is 1.95 bits per heavy atom. The smallest absolute Gasteiger partial charge is 0.332 e. The van der Waals surface area contributed by atoms with Gasteiger partial charge in [0.1, 0.15) is 0 Å². The zero-order chi connectivity index (χ0) is 14.0. The number of aromatic nitrogens is 2. The van der Waals surface area contributed by atoms with Gasteiger partial charge in [-0.25, -0.2) is 8.78 Å². The Labute approximate surface area is 107 Å². The summed E-state index contributed by atoms with van der Waals surface area (Å²) in [6.45, 7) is 4.66. The Bertz CT molecular complexity index is 419. The predicted octanol–water partition coefficient (Wildman–Crippen LogP) is 1.39. The van der Waals surface area contributed by atoms with Crippen molar-refractivity contribution >= 4 is 0 Å². The second-order valence-corrected chi connectivity index (χ2v) is 4.34. The van der Waals surface area contributed by atoms with Crippen LogP contribution < -0.4 is 5.32 Å². The second kappa shape index (κ2) is 5.41. The molecular weight excluding hydrogens is 268 g/mol. The van der Waals surface area contributed by atoms with E-state index < -0.39 is 18.2 Å². The number of piperazine rings is 1. The summed E-state index contributed by atoms with van der Waals surface area (Å²) in [5.41, 5.74) is 0. The van der Waals surface area contributed by atoms with Crippen LogP contribution >= 0.6 is 0 Å². The van der Waals surface area contributed by atoms with Crippen molar-refractivity contribution in [2.75, 3.05) is 26.2 Å². The summed E-state index contributed by atoms with van der Waals surface area (Å²) in [7, 11) is 0. The van der Waals surface area contributed by atoms with E-state index in [1.807, 2.05) is 4.90 Å². The average molecular weight is 282 g/mol. The maximum Gasteiger partial charge on any atom is 0.383 e. The molecule has 0 saturated carbocycles. The lowest BCUT2D eigenvalue weighted by Crippen LogP contribution is -2.44. The number of alkyl halides is 4. The zero-order valence-corrected chi connectivity index (χ0v) is 10.2. The van der Waals surface area contributed by atoms with Crippen LogP contribution in [0.4, 0.5) is 17.6 Å². The molecule has 1 saturated heterocycles. The Morgan fingerprint density at radius 1 is 1.32 bits per heavy atom. The molecule has 0 aliphatic carbocycles. The van der Waals surface area contributed by atoms with Crippen molar-refractivity contribution in [1.29, 1.82) is 0 Å². The fourth-order valence-electron chi connectivity index (χ4n) is 1.87. The molecule has 108 valence electrons. The van der Waals surface area contributed by atoms with Gasteiger partial charge in [-0.15, -0.1) is 0 Å². The van der Waals surface area contributed by atoms with Crippen molar-refractivity contribution in [3.8, 4) is 0 Å². The van der Waals surface area contributed by atoms with Crippen LogP contribution in [0.2, 0.25) is 0 Å². The van der Waals surface area contributed by atoms with Crippen molar-refractivity contribution in [2.24, 2.45) is 0 Å². The van der Waals surface area contributed by atoms with Gasteiger partial charge in [-0.1, -0.05) is 5.16 Å². The number of hydrogen-bond acceptors (Lipinski definition) is 5. The molecule has 0 spiro atoms. The number of rotatable bonds is 4. The highest BCUT2D eigenvalue weighted by molar-refractivity contribution is 4.99. The Hall–Kier alpha value is -1.22. The van der Waals surface area contributed by atoms with Gasteiger partial charge < -0.3 is 9.84 Å². The molecule has 2 heterocycles. The SMILES string of the molecule is CC(c1noc(C(F)(F)C(F)F)n1)N1CCNCC1. The van der Waals surface area contributed by atoms with Gasteiger partial charge in [0.25, 0.3) is 0 Å². The van der Waals surface area contributed by atoms with Crippen LogP contribution in [0.25, 0.3) is 0 Å². The van der Waals surface area contributed by atoms with Gasteiger partial charge in [-0.2, -0.15) is 13.8 Å². The van der Waals surface area contributed by atoms with Crippen LogP contribution in [0, 0.1) is 0 Å². The summed E-state index contributed by atoms with van der Waals surface area (Å²) in [5.74, 6) is -5.74. The summed E-state index contributed by atoms with van der Waals surface area (Å²) < 4.78 is 54.7. The molecule has 5 nitrogen and oxygen atoms in total. The number of nitrogens with zero attached hydrogens (tertiary/aromatic N) is 3. The van der Waals surface area contributed by atoms with E-state index in [2.05, 4.69) is 20.0 Å². The molecule has 1 aromatic rings. The zero-order valence-electron chi connectivity index (χ0n) is 10.2. The fraction of sp³-hybridized carbons (Fsp3) is 0.800. The minimum atomic E-state index is -4.41. The van der Waals surface area contributed by atoms with Gasteiger partial charge >= 0.3 is 18.2 Å². The van der Waals surface area contributed by atoms with Crippen molar-refractivity contribution in [3.05, 3.63) is 11.7 Å². The van der Waals surface area contributed by atoms with E-state index >= 15 is 0 Å². The lowest BCUT2D eigenvalue weighted by Gasteiger charge is -2.30. The van der Waals surface area contributed by atoms with Gasteiger partial charge in [0, 0.05) is 26.2 Å². The molecule has 1 fully saturated rings. The first-order valence-corrected chi connectivity index (χ1v) is 5.87. The molecule has 1 aromatic heterocycles. The maximum absolute atomic E-state index is 13.0. The monoisotopic (exact) mass is 282 g/mol. The third-order valence-corrected chi connectivity index (χ3v) is 3.07. The first kappa shape index (κ1) is 14.2. The molecule has 0 amide bonds. The quantitative estimate of drug-likeness (QED) is 0.846. The second-order valence-electron chi connectivity index (χ2n) is 4.34. The van der Waals surface area contributed by atoms with E-state index in [0.29, 0.717) is 13.1 Å². The maximum atomic E-state index is 13.0. The highest BCUT2D eigenvalue weighted by Crippen LogP contribution is 2.34. The molecule has 0 aromatic carbocycles. The van der Waals surface area contributed by atoms with Crippen LogP contribution in [0.15, 0.2) is 4.52 Å². The van der Waals surface area contributed by atoms with Crippen molar-refractivity contribution in [1.82, 2.24) is 20.4 Å². The fourth-order valence-corrected chi connectivity index (χ4v) is 1.87. The van der Waals surface area contributed by atoms with Gasteiger partial charge in [0.05, 0.1) is 6.04 Å². The molecule has 1 atom stereocenters. The highest BCUT2D eigenvalue weighted by Gasteiger charge is 2.48. The number of hydrogen-bond donors (Lipinski definition) is 1. The summed E-state index contributed by atoms with van der Waals surface area (Å²) in [5, 5.41) is 6.52. The Morgan fingerprint density at radius 3 is 2.53 bits per heavy atom. The van der Waals surface area contributed by atoms with Crippen LogP contribution in [0.1, 0.15) is 24.7 Å². The van der Waals surface area contributed by atoms with Crippen LogP contribution in [0.5, 0.6) is 0 Å². The molecule has 0 radical (unpaired) electrons. The number of nitrogens with one attached hydrogen (secondary N) is 1. The topological polar surface area (TPSA) is 54.2 Å². The predicted molar refractivity (Wildman–Crippen MR) is 57.1 cm³/mol. The summed E-state index contributed by atoms with van der Waals surface area (Å²) in [4.78, 5) is 5.37. The highest BCUT2D eigenvalue weighted by atomic mass is 19.3. The van der Waals surface area contributed by atoms with E-state index in [-0.39, 0.29) is 11.9 Å². The molecule has 1 aliphatic heterocycles. The average Bonchev–Trinajstić information content (AvgIpc) is 2.89. The van der Waals surface area contributed by atoms with Crippen LogP contribution in [-0.2, 0) is 5.92 Å². The van der Waals surface area contributed by atoms with Crippen molar-refractivity contribution in [2.45, 2.75) is 25.3 Å². The van der Waals surface area contributed by atoms with E-state index in [4.69, 9.17) is 0 Å². The third-order valence-electron chi connectivity index (χ3n) is 3.07. The molecule has 1 unspecified atom stereocenters. The van der Waals surface area contributed by atoms with Crippen molar-refractivity contribution < 1.29 is 22.1 Å². The van der Waals surface area contributed by atoms with E-state index in [1.54, 1.807) is 6.92 Å². The molecule has 1 N–H and O–H groups in total. The lowest BCUT2D eigenvalue weighted by atomic mass is 10.2. The molecule has 9 heteroatoms. The van der Waals surface area contributed by atoms with Crippen LogP contribution in [-0.4, -0.2) is 47.6 Å². The minimum Gasteiger partial charge on any atom is -0.332 e. The van der Waals surface area contributed by atoms with E-state index in [1.165, 1.54) is 0 Å². The lowest BCUT2D eigenvalue weighted by molar-refractivity contribution is -0.152. The standard InChI is InChI=1S/C10H14F4N4O/c1-6(18-4-2-15-3-5-18)7-16-9(19-17-7)10(13,14)8(11)12/h6,8,15H,2-5H2,1H3. The van der Waals surface area contributed by atoms with Crippen LogP contribution in [0.3, 0.4) is 0 Å². The van der Waals surface area contributed by atoms with Gasteiger partial charge in [0.15, 0.2) is 5.82 Å². The summed E-state index contributed by atoms with van der Waals surface area (Å²) in [6.07, 6.45) is -3.87.